The van der Waals surface area contributed by atoms with E-state index in [4.69, 9.17) is 4.74 Å². The van der Waals surface area contributed by atoms with Gasteiger partial charge in [-0.1, -0.05) is 0 Å². The fraction of sp³-hybridized carbons (Fsp3) is 0.545. The van der Waals surface area contributed by atoms with Crippen molar-refractivity contribution >= 4 is 12.4 Å². The maximum Gasteiger partial charge on any atom is 0.408 e. The Bertz CT molecular complexity index is 406. The van der Waals surface area contributed by atoms with Crippen LogP contribution in [-0.4, -0.2) is 27.5 Å². The number of aldehydes is 1. The number of nitrogens with one attached hydrogen (secondary N) is 1. The molecule has 1 rings (SSSR count). The highest BCUT2D eigenvalue weighted by Crippen LogP contribution is 2.11. The van der Waals surface area contributed by atoms with Crippen molar-refractivity contribution in [1.82, 2.24) is 14.9 Å². The number of rotatable bonds is 3. The minimum absolute atomic E-state index is 0.593. The molecule has 1 atom stereocenters. The number of hydrogen-bond acceptors (Lipinski definition) is 4. The molecule has 6 nitrogen and oxygen atoms in total. The molecule has 6 heteroatoms. The van der Waals surface area contributed by atoms with E-state index in [9.17, 15) is 9.59 Å². The highest BCUT2D eigenvalue weighted by Gasteiger charge is 2.21. The second kappa shape index (κ2) is 4.99. The number of hydrogen-bond donors (Lipinski definition) is 1. The summed E-state index contributed by atoms with van der Waals surface area (Å²) in [5.74, 6) is 0. The van der Waals surface area contributed by atoms with Crippen LogP contribution in [0.4, 0.5) is 4.79 Å². The summed E-state index contributed by atoms with van der Waals surface area (Å²) >= 11 is 0. The number of carbonyl (C=O) groups excluding carboxylic acids is 2. The van der Waals surface area contributed by atoms with Crippen LogP contribution in [0.25, 0.3) is 0 Å². The zero-order valence-corrected chi connectivity index (χ0v) is 10.4. The maximum absolute atomic E-state index is 11.5. The zero-order chi connectivity index (χ0) is 13.1. The smallest absolute Gasteiger partial charge is 0.408 e. The summed E-state index contributed by atoms with van der Waals surface area (Å²) in [5.41, 5.74) is 0.00937. The molecule has 0 radical (unpaired) electrons. The van der Waals surface area contributed by atoms with Crippen LogP contribution in [-0.2, 0) is 16.6 Å². The molecule has 1 N–H and O–H groups in total. The summed E-state index contributed by atoms with van der Waals surface area (Å²) in [6, 6.07) is -0.752. The van der Waals surface area contributed by atoms with E-state index >= 15 is 0 Å². The van der Waals surface area contributed by atoms with Crippen LogP contribution < -0.4 is 5.32 Å². The van der Waals surface area contributed by atoms with Gasteiger partial charge in [0.1, 0.15) is 17.9 Å². The van der Waals surface area contributed by atoms with E-state index < -0.39 is 17.7 Å². The number of imidazole rings is 1. The molecule has 0 saturated heterocycles. The van der Waals surface area contributed by atoms with E-state index in [0.29, 0.717) is 12.0 Å². The number of amides is 1. The number of aromatic nitrogens is 2. The van der Waals surface area contributed by atoms with Crippen molar-refractivity contribution in [3.05, 3.63) is 18.2 Å². The van der Waals surface area contributed by atoms with Gasteiger partial charge in [0.15, 0.2) is 0 Å². The molecule has 1 aromatic rings. The van der Waals surface area contributed by atoms with Crippen LogP contribution in [0.1, 0.15) is 32.5 Å². The van der Waals surface area contributed by atoms with Gasteiger partial charge in [-0.3, -0.25) is 0 Å². The van der Waals surface area contributed by atoms with Crippen molar-refractivity contribution in [1.29, 1.82) is 0 Å². The van der Waals surface area contributed by atoms with Crippen molar-refractivity contribution in [3.8, 4) is 0 Å². The van der Waals surface area contributed by atoms with Gasteiger partial charge >= 0.3 is 6.09 Å². The molecule has 0 fully saturated rings. The molecule has 17 heavy (non-hydrogen) atoms. The van der Waals surface area contributed by atoms with Gasteiger partial charge in [0.05, 0.1) is 18.2 Å². The van der Waals surface area contributed by atoms with Crippen molar-refractivity contribution in [2.24, 2.45) is 7.05 Å². The number of ether oxygens (including phenoxy) is 1. The molecule has 1 amide bonds. The molecule has 0 aromatic carbocycles. The van der Waals surface area contributed by atoms with E-state index in [1.54, 1.807) is 38.7 Å². The second-order valence-corrected chi connectivity index (χ2v) is 4.69. The minimum Gasteiger partial charge on any atom is -0.444 e. The van der Waals surface area contributed by atoms with Crippen LogP contribution in [0.2, 0.25) is 0 Å². The molecule has 0 aliphatic heterocycles. The largest absolute Gasteiger partial charge is 0.444 e. The topological polar surface area (TPSA) is 73.2 Å². The molecule has 1 unspecified atom stereocenters. The molecule has 1 aromatic heterocycles. The first-order valence-electron chi connectivity index (χ1n) is 5.24. The highest BCUT2D eigenvalue weighted by molar-refractivity contribution is 5.74. The lowest BCUT2D eigenvalue weighted by Gasteiger charge is -2.21. The molecule has 94 valence electrons. The van der Waals surface area contributed by atoms with Gasteiger partial charge in [0.2, 0.25) is 0 Å². The van der Waals surface area contributed by atoms with E-state index in [2.05, 4.69) is 10.3 Å². The number of carbonyl (C=O) groups is 2. The van der Waals surface area contributed by atoms with Gasteiger partial charge in [-0.2, -0.15) is 0 Å². The Morgan fingerprint density at radius 2 is 2.24 bits per heavy atom. The van der Waals surface area contributed by atoms with Gasteiger partial charge in [-0.25, -0.2) is 9.78 Å². The van der Waals surface area contributed by atoms with Crippen molar-refractivity contribution in [2.75, 3.05) is 0 Å². The standard InChI is InChI=1S/C11H17N3O3/c1-11(2,3)17-10(16)13-8(6-15)9-5-12-7-14(9)4/h5-8H,1-4H3,(H,13,16). The van der Waals surface area contributed by atoms with Crippen molar-refractivity contribution in [2.45, 2.75) is 32.4 Å². The van der Waals surface area contributed by atoms with Crippen LogP contribution in [0.5, 0.6) is 0 Å². The Morgan fingerprint density at radius 1 is 1.59 bits per heavy atom. The van der Waals surface area contributed by atoms with Crippen LogP contribution in [0.15, 0.2) is 12.5 Å². The Balaban J connectivity index is 2.69. The van der Waals surface area contributed by atoms with Gasteiger partial charge in [-0.05, 0) is 20.8 Å². The predicted octanol–water partition coefficient (Wildman–Crippen LogP) is 1.18. The first-order chi connectivity index (χ1) is 7.83. The Labute approximate surface area is 100.0 Å². The SMILES string of the molecule is Cn1cncc1C(C=O)NC(=O)OC(C)(C)C. The molecular formula is C11H17N3O3. The predicted molar refractivity (Wildman–Crippen MR) is 61.4 cm³/mol. The van der Waals surface area contributed by atoms with Gasteiger partial charge < -0.3 is 19.4 Å². The third-order valence-corrected chi connectivity index (χ3v) is 1.98. The average molecular weight is 239 g/mol. The fourth-order valence-electron chi connectivity index (χ4n) is 1.28. The molecule has 0 aliphatic rings. The number of aryl methyl sites for hydroxylation is 1. The Kier molecular flexibility index (Phi) is 3.88. The quantitative estimate of drug-likeness (QED) is 0.804. The van der Waals surface area contributed by atoms with E-state index in [1.165, 1.54) is 6.20 Å². The lowest BCUT2D eigenvalue weighted by Crippen LogP contribution is -2.36. The maximum atomic E-state index is 11.5. The second-order valence-electron chi connectivity index (χ2n) is 4.69. The minimum atomic E-state index is -0.752. The van der Waals surface area contributed by atoms with Crippen LogP contribution in [0.3, 0.4) is 0 Å². The van der Waals surface area contributed by atoms with Crippen molar-refractivity contribution < 1.29 is 14.3 Å². The van der Waals surface area contributed by atoms with Crippen LogP contribution in [0, 0.1) is 0 Å². The zero-order valence-electron chi connectivity index (χ0n) is 10.4. The summed E-state index contributed by atoms with van der Waals surface area (Å²) in [6.45, 7) is 5.27. The highest BCUT2D eigenvalue weighted by atomic mass is 16.6. The normalized spacial score (nSPS) is 12.9. The Morgan fingerprint density at radius 3 is 2.65 bits per heavy atom. The first kappa shape index (κ1) is 13.2. The molecule has 0 spiro atoms. The van der Waals surface area contributed by atoms with E-state index in [0.717, 1.165) is 0 Å². The molecular weight excluding hydrogens is 222 g/mol. The number of alkyl carbamates (subject to hydrolysis) is 1. The lowest BCUT2D eigenvalue weighted by atomic mass is 10.2. The monoisotopic (exact) mass is 239 g/mol. The summed E-state index contributed by atoms with van der Waals surface area (Å²) < 4.78 is 6.73. The van der Waals surface area contributed by atoms with Gasteiger partial charge in [-0.15, -0.1) is 0 Å². The average Bonchev–Trinajstić information content (AvgIpc) is 2.58. The van der Waals surface area contributed by atoms with E-state index in [-0.39, 0.29) is 0 Å². The first-order valence-corrected chi connectivity index (χ1v) is 5.24. The molecule has 0 aliphatic carbocycles. The summed E-state index contributed by atoms with van der Waals surface area (Å²) in [4.78, 5) is 26.3. The molecule has 0 bridgehead atoms. The summed E-state index contributed by atoms with van der Waals surface area (Å²) in [7, 11) is 1.75. The Hall–Kier alpha value is -1.85. The summed E-state index contributed by atoms with van der Waals surface area (Å²) in [6.07, 6.45) is 3.09. The van der Waals surface area contributed by atoms with Crippen LogP contribution >= 0.6 is 0 Å². The lowest BCUT2D eigenvalue weighted by molar-refractivity contribution is -0.109. The summed E-state index contributed by atoms with van der Waals surface area (Å²) in [5, 5.41) is 2.48. The fourth-order valence-corrected chi connectivity index (χ4v) is 1.28. The molecule has 1 heterocycles. The van der Waals surface area contributed by atoms with Crippen molar-refractivity contribution in [3.63, 3.8) is 0 Å². The number of nitrogens with zero attached hydrogens (tertiary/aromatic N) is 2. The third kappa shape index (κ3) is 3.90. The third-order valence-electron chi connectivity index (χ3n) is 1.98. The van der Waals surface area contributed by atoms with E-state index in [1.807, 2.05) is 0 Å². The van der Waals surface area contributed by atoms with Gasteiger partial charge in [0, 0.05) is 7.05 Å². The molecule has 0 saturated carbocycles. The van der Waals surface area contributed by atoms with Gasteiger partial charge in [0.25, 0.3) is 0 Å².